The molecule has 68 heavy (non-hydrogen) atoms. The molecule has 10 aromatic carbocycles. The van der Waals surface area contributed by atoms with Gasteiger partial charge in [0.05, 0.1) is 11.0 Å². The van der Waals surface area contributed by atoms with Crippen LogP contribution in [0.4, 0.5) is 17.1 Å². The van der Waals surface area contributed by atoms with Crippen molar-refractivity contribution >= 4 is 38.9 Å². The average Bonchev–Trinajstić information content (AvgIpc) is 3.93. The second-order valence-electron chi connectivity index (χ2n) is 19.7. The van der Waals surface area contributed by atoms with Crippen LogP contribution in [0, 0.1) is 0 Å². The molecule has 0 saturated carbocycles. The van der Waals surface area contributed by atoms with Gasteiger partial charge in [-0.15, -0.1) is 0 Å². The lowest BCUT2D eigenvalue weighted by atomic mass is 9.81. The third-order valence-electron chi connectivity index (χ3n) is 15.2. The molecular formula is C66H50N2. The van der Waals surface area contributed by atoms with Crippen LogP contribution in [0.3, 0.4) is 0 Å². The maximum Gasteiger partial charge on any atom is 0.0588 e. The zero-order valence-electron chi connectivity index (χ0n) is 38.8. The van der Waals surface area contributed by atoms with Crippen LogP contribution in [0.25, 0.3) is 83.1 Å². The largest absolute Gasteiger partial charge is 0.310 e. The van der Waals surface area contributed by atoms with Crippen molar-refractivity contribution in [3.63, 3.8) is 0 Å². The van der Waals surface area contributed by atoms with Gasteiger partial charge in [-0.05, 0) is 139 Å². The number of hydrogen-bond acceptors (Lipinski definition) is 1. The predicted octanol–water partition coefficient (Wildman–Crippen LogP) is 17.9. The van der Waals surface area contributed by atoms with Crippen molar-refractivity contribution in [2.24, 2.45) is 0 Å². The Kier molecular flexibility index (Phi) is 8.95. The standard InChI is InChI=1S/C66H50N2/c1-65(2)59-21-13-11-19-53(59)55-37-36-52(42-61(55)65)67(49-30-23-45(24-31-49)43-15-7-5-8-16-43)50-32-27-47(28-33-50)48-29-40-62-58(41-48)57-39-38-56-54-20-12-14-22-60(54)66(3,4)63(56)64(57)68(62)51-34-25-46(26-35-51)44-17-9-6-10-18-44/h5-42H,1-4H3. The molecule has 0 saturated heterocycles. The van der Waals surface area contributed by atoms with Crippen LogP contribution in [0.1, 0.15) is 49.9 Å². The first kappa shape index (κ1) is 40.1. The Morgan fingerprint density at radius 1 is 0.324 bits per heavy atom. The highest BCUT2D eigenvalue weighted by molar-refractivity contribution is 6.14. The van der Waals surface area contributed by atoms with E-state index in [-0.39, 0.29) is 10.8 Å². The van der Waals surface area contributed by atoms with Crippen LogP contribution in [-0.2, 0) is 10.8 Å². The molecule has 0 unspecified atom stereocenters. The molecular weight excluding hydrogens is 821 g/mol. The number of hydrogen-bond donors (Lipinski definition) is 0. The monoisotopic (exact) mass is 870 g/mol. The van der Waals surface area contributed by atoms with E-state index < -0.39 is 0 Å². The molecule has 11 aromatic rings. The van der Waals surface area contributed by atoms with Crippen molar-refractivity contribution in [2.75, 3.05) is 4.90 Å². The molecule has 0 amide bonds. The molecule has 0 spiro atoms. The number of aromatic nitrogens is 1. The summed E-state index contributed by atoms with van der Waals surface area (Å²) in [7, 11) is 0. The molecule has 0 aliphatic heterocycles. The van der Waals surface area contributed by atoms with Gasteiger partial charge in [-0.1, -0.05) is 198 Å². The smallest absolute Gasteiger partial charge is 0.0588 e. The Hall–Kier alpha value is -8.20. The van der Waals surface area contributed by atoms with Crippen LogP contribution in [0.15, 0.2) is 231 Å². The number of rotatable bonds is 7. The fourth-order valence-corrected chi connectivity index (χ4v) is 11.8. The SMILES string of the molecule is CC1(C)c2ccccc2-c2ccc(N(c3ccc(-c4ccccc4)cc3)c3ccc(-c4ccc5c(c4)c4ccc6c(c4n5-c4ccc(-c5ccccc5)cc4)C(C)(C)c4ccccc4-6)cc3)cc21. The molecule has 0 atom stereocenters. The molecule has 2 aliphatic rings. The Morgan fingerprint density at radius 2 is 0.779 bits per heavy atom. The van der Waals surface area contributed by atoms with Gasteiger partial charge in [0.2, 0.25) is 0 Å². The van der Waals surface area contributed by atoms with E-state index in [0.29, 0.717) is 0 Å². The Labute approximate surface area is 399 Å². The highest BCUT2D eigenvalue weighted by atomic mass is 15.1. The van der Waals surface area contributed by atoms with Crippen molar-refractivity contribution in [3.05, 3.63) is 253 Å². The van der Waals surface area contributed by atoms with Gasteiger partial charge in [0.15, 0.2) is 0 Å². The molecule has 0 radical (unpaired) electrons. The molecule has 0 bridgehead atoms. The van der Waals surface area contributed by atoms with E-state index in [2.05, 4.69) is 268 Å². The van der Waals surface area contributed by atoms with Gasteiger partial charge in [-0.25, -0.2) is 0 Å². The summed E-state index contributed by atoms with van der Waals surface area (Å²) in [6.07, 6.45) is 0. The van der Waals surface area contributed by atoms with Crippen LogP contribution in [0.2, 0.25) is 0 Å². The van der Waals surface area contributed by atoms with Gasteiger partial charge in [0.25, 0.3) is 0 Å². The molecule has 1 aromatic heterocycles. The highest BCUT2D eigenvalue weighted by Crippen LogP contribution is 2.54. The fourth-order valence-electron chi connectivity index (χ4n) is 11.8. The predicted molar refractivity (Wildman–Crippen MR) is 287 cm³/mol. The second kappa shape index (κ2) is 15.2. The third kappa shape index (κ3) is 6.10. The van der Waals surface area contributed by atoms with Gasteiger partial charge >= 0.3 is 0 Å². The lowest BCUT2D eigenvalue weighted by Crippen LogP contribution is -2.16. The number of anilines is 3. The van der Waals surface area contributed by atoms with Gasteiger partial charge < -0.3 is 9.47 Å². The molecule has 2 heteroatoms. The maximum atomic E-state index is 2.52. The van der Waals surface area contributed by atoms with E-state index >= 15 is 0 Å². The lowest BCUT2D eigenvalue weighted by Gasteiger charge is -2.28. The number of nitrogens with zero attached hydrogens (tertiary/aromatic N) is 2. The summed E-state index contributed by atoms with van der Waals surface area (Å²) >= 11 is 0. The van der Waals surface area contributed by atoms with Gasteiger partial charge in [-0.2, -0.15) is 0 Å². The van der Waals surface area contributed by atoms with Crippen molar-refractivity contribution in [1.29, 1.82) is 0 Å². The van der Waals surface area contributed by atoms with Crippen LogP contribution in [-0.4, -0.2) is 4.57 Å². The van der Waals surface area contributed by atoms with Gasteiger partial charge in [0.1, 0.15) is 0 Å². The van der Waals surface area contributed by atoms with Crippen LogP contribution in [0.5, 0.6) is 0 Å². The lowest BCUT2D eigenvalue weighted by molar-refractivity contribution is 0.660. The average molecular weight is 871 g/mol. The van der Waals surface area contributed by atoms with Gasteiger partial charge in [0, 0.05) is 44.4 Å². The van der Waals surface area contributed by atoms with Crippen molar-refractivity contribution in [1.82, 2.24) is 4.57 Å². The number of benzene rings is 10. The molecule has 2 aliphatic carbocycles. The molecule has 2 nitrogen and oxygen atoms in total. The van der Waals surface area contributed by atoms with E-state index in [9.17, 15) is 0 Å². The molecule has 13 rings (SSSR count). The topological polar surface area (TPSA) is 8.17 Å². The maximum absolute atomic E-state index is 2.52. The van der Waals surface area contributed by atoms with Crippen molar-refractivity contribution in [3.8, 4) is 61.3 Å². The summed E-state index contributed by atoms with van der Waals surface area (Å²) in [5, 5.41) is 2.53. The summed E-state index contributed by atoms with van der Waals surface area (Å²) in [4.78, 5) is 2.41. The molecule has 0 N–H and O–H groups in total. The summed E-state index contributed by atoms with van der Waals surface area (Å²) in [5.74, 6) is 0. The summed E-state index contributed by atoms with van der Waals surface area (Å²) < 4.78 is 2.52. The van der Waals surface area contributed by atoms with E-state index in [1.165, 1.54) is 99.7 Å². The zero-order chi connectivity index (χ0) is 45.7. The minimum absolute atomic E-state index is 0.109. The minimum Gasteiger partial charge on any atom is -0.310 e. The first-order valence-electron chi connectivity index (χ1n) is 23.9. The molecule has 1 heterocycles. The second-order valence-corrected chi connectivity index (χ2v) is 19.7. The van der Waals surface area contributed by atoms with E-state index in [4.69, 9.17) is 0 Å². The van der Waals surface area contributed by atoms with Crippen LogP contribution < -0.4 is 4.90 Å². The Bertz CT molecular complexity index is 3740. The van der Waals surface area contributed by atoms with E-state index in [1.54, 1.807) is 0 Å². The zero-order valence-corrected chi connectivity index (χ0v) is 38.8. The van der Waals surface area contributed by atoms with Crippen LogP contribution >= 0.6 is 0 Å². The quantitative estimate of drug-likeness (QED) is 0.155. The molecule has 0 fully saturated rings. The first-order chi connectivity index (χ1) is 33.2. The summed E-state index contributed by atoms with van der Waals surface area (Å²) in [6, 6.07) is 85.4. The third-order valence-corrected chi connectivity index (χ3v) is 15.2. The van der Waals surface area contributed by atoms with E-state index in [1.807, 2.05) is 0 Å². The first-order valence-corrected chi connectivity index (χ1v) is 23.9. The van der Waals surface area contributed by atoms with E-state index in [0.717, 1.165) is 22.7 Å². The molecule has 324 valence electrons. The normalized spacial score (nSPS) is 13.8. The van der Waals surface area contributed by atoms with Gasteiger partial charge in [-0.3, -0.25) is 0 Å². The fraction of sp³-hybridized carbons (Fsp3) is 0.0909. The Morgan fingerprint density at radius 3 is 1.40 bits per heavy atom. The minimum atomic E-state index is -0.174. The van der Waals surface area contributed by atoms with Crippen molar-refractivity contribution in [2.45, 2.75) is 38.5 Å². The number of fused-ring (bicyclic) bond motifs is 10. The summed E-state index contributed by atoms with van der Waals surface area (Å²) in [5.41, 5.74) is 24.8. The highest BCUT2D eigenvalue weighted by Gasteiger charge is 2.39. The summed E-state index contributed by atoms with van der Waals surface area (Å²) in [6.45, 7) is 9.51. The van der Waals surface area contributed by atoms with Crippen molar-refractivity contribution < 1.29 is 0 Å². The Balaban J connectivity index is 0.935.